The van der Waals surface area contributed by atoms with Gasteiger partial charge in [-0.05, 0) is 18.4 Å². The second-order valence-electron chi connectivity index (χ2n) is 4.54. The summed E-state index contributed by atoms with van der Waals surface area (Å²) in [6, 6.07) is 5.91. The maximum Gasteiger partial charge on any atom is 0.127 e. The summed E-state index contributed by atoms with van der Waals surface area (Å²) >= 11 is 0. The predicted octanol–water partition coefficient (Wildman–Crippen LogP) is 1.83. The lowest BCUT2D eigenvalue weighted by Gasteiger charge is -2.13. The molecule has 1 aliphatic heterocycles. The maximum absolute atomic E-state index is 5.37. The zero-order chi connectivity index (χ0) is 12.8. The number of nitrogens with one attached hydrogen (secondary N) is 1. The van der Waals surface area contributed by atoms with Crippen LogP contribution in [-0.2, 0) is 11.3 Å². The van der Waals surface area contributed by atoms with Gasteiger partial charge in [0.15, 0.2) is 0 Å². The minimum Gasteiger partial charge on any atom is -0.497 e. The van der Waals surface area contributed by atoms with Gasteiger partial charge in [0.2, 0.25) is 0 Å². The van der Waals surface area contributed by atoms with E-state index in [0.29, 0.717) is 5.92 Å². The summed E-state index contributed by atoms with van der Waals surface area (Å²) in [5, 5.41) is 3.45. The molecule has 1 aromatic rings. The number of ether oxygens (including phenoxy) is 3. The molecule has 0 saturated carbocycles. The maximum atomic E-state index is 5.37. The van der Waals surface area contributed by atoms with E-state index in [2.05, 4.69) is 5.32 Å². The van der Waals surface area contributed by atoms with E-state index < -0.39 is 0 Å². The van der Waals surface area contributed by atoms with Gasteiger partial charge in [-0.2, -0.15) is 0 Å². The zero-order valence-corrected chi connectivity index (χ0v) is 11.1. The predicted molar refractivity (Wildman–Crippen MR) is 70.2 cm³/mol. The van der Waals surface area contributed by atoms with Crippen LogP contribution in [0.2, 0.25) is 0 Å². The van der Waals surface area contributed by atoms with Crippen LogP contribution in [0.25, 0.3) is 0 Å². The van der Waals surface area contributed by atoms with Gasteiger partial charge >= 0.3 is 0 Å². The van der Waals surface area contributed by atoms with Crippen LogP contribution < -0.4 is 14.8 Å². The fraction of sp³-hybridized carbons (Fsp3) is 0.571. The topological polar surface area (TPSA) is 39.7 Å². The standard InChI is InChI=1S/C14H21NO3/c1-16-13-4-3-12(14(7-13)17-2)9-15-8-11-5-6-18-10-11/h3-4,7,11,15H,5-6,8-10H2,1-2H3. The summed E-state index contributed by atoms with van der Waals surface area (Å²) < 4.78 is 15.9. The smallest absolute Gasteiger partial charge is 0.127 e. The molecule has 0 aliphatic carbocycles. The SMILES string of the molecule is COc1ccc(CNCC2CCOC2)c(OC)c1. The van der Waals surface area contributed by atoms with E-state index >= 15 is 0 Å². The lowest BCUT2D eigenvalue weighted by Crippen LogP contribution is -2.22. The first-order chi connectivity index (χ1) is 8.83. The van der Waals surface area contributed by atoms with Crippen molar-refractivity contribution in [3.8, 4) is 11.5 Å². The molecule has 0 amide bonds. The Morgan fingerprint density at radius 2 is 2.22 bits per heavy atom. The summed E-state index contributed by atoms with van der Waals surface area (Å²) in [5.41, 5.74) is 1.15. The van der Waals surface area contributed by atoms with E-state index in [1.165, 1.54) is 0 Å². The molecule has 1 aromatic carbocycles. The van der Waals surface area contributed by atoms with Crippen molar-refractivity contribution in [3.05, 3.63) is 23.8 Å². The van der Waals surface area contributed by atoms with Gasteiger partial charge < -0.3 is 19.5 Å². The van der Waals surface area contributed by atoms with E-state index in [0.717, 1.165) is 49.8 Å². The number of hydrogen-bond acceptors (Lipinski definition) is 4. The Hall–Kier alpha value is -1.26. The average molecular weight is 251 g/mol. The van der Waals surface area contributed by atoms with E-state index in [1.54, 1.807) is 14.2 Å². The molecule has 0 radical (unpaired) electrons. The van der Waals surface area contributed by atoms with Crippen molar-refractivity contribution in [1.29, 1.82) is 0 Å². The Bertz CT molecular complexity index is 375. The van der Waals surface area contributed by atoms with E-state index in [4.69, 9.17) is 14.2 Å². The van der Waals surface area contributed by atoms with Crippen LogP contribution in [-0.4, -0.2) is 34.0 Å². The molecular weight excluding hydrogens is 230 g/mol. The van der Waals surface area contributed by atoms with Crippen molar-refractivity contribution in [1.82, 2.24) is 5.32 Å². The van der Waals surface area contributed by atoms with Gasteiger partial charge in [-0.25, -0.2) is 0 Å². The summed E-state index contributed by atoms with van der Waals surface area (Å²) in [4.78, 5) is 0. The number of methoxy groups -OCH3 is 2. The van der Waals surface area contributed by atoms with Crippen molar-refractivity contribution in [2.24, 2.45) is 5.92 Å². The Morgan fingerprint density at radius 1 is 1.33 bits per heavy atom. The number of benzene rings is 1. The van der Waals surface area contributed by atoms with Gasteiger partial charge in [0.25, 0.3) is 0 Å². The molecule has 1 unspecified atom stereocenters. The zero-order valence-electron chi connectivity index (χ0n) is 11.1. The Kier molecular flexibility index (Phi) is 4.84. The molecule has 0 spiro atoms. The van der Waals surface area contributed by atoms with E-state index in [9.17, 15) is 0 Å². The second-order valence-corrected chi connectivity index (χ2v) is 4.54. The van der Waals surface area contributed by atoms with Gasteiger partial charge in [0, 0.05) is 31.3 Å². The van der Waals surface area contributed by atoms with E-state index in [1.807, 2.05) is 18.2 Å². The van der Waals surface area contributed by atoms with Crippen LogP contribution in [0.5, 0.6) is 11.5 Å². The quantitative estimate of drug-likeness (QED) is 0.837. The third-order valence-corrected chi connectivity index (χ3v) is 3.27. The van der Waals surface area contributed by atoms with Crippen LogP contribution in [0.15, 0.2) is 18.2 Å². The molecule has 0 bridgehead atoms. The van der Waals surface area contributed by atoms with Gasteiger partial charge in [-0.15, -0.1) is 0 Å². The molecule has 4 heteroatoms. The monoisotopic (exact) mass is 251 g/mol. The molecule has 100 valence electrons. The molecule has 1 saturated heterocycles. The molecule has 1 fully saturated rings. The molecule has 1 atom stereocenters. The van der Waals surface area contributed by atoms with Crippen LogP contribution >= 0.6 is 0 Å². The van der Waals surface area contributed by atoms with Crippen molar-refractivity contribution < 1.29 is 14.2 Å². The summed E-state index contributed by atoms with van der Waals surface area (Å²) in [5.74, 6) is 2.33. The first kappa shape index (κ1) is 13.2. The van der Waals surface area contributed by atoms with Crippen LogP contribution in [0.4, 0.5) is 0 Å². The number of rotatable bonds is 6. The van der Waals surface area contributed by atoms with Crippen LogP contribution in [0.3, 0.4) is 0 Å². The first-order valence-corrected chi connectivity index (χ1v) is 6.33. The molecule has 0 aromatic heterocycles. The minimum absolute atomic E-state index is 0.647. The highest BCUT2D eigenvalue weighted by molar-refractivity contribution is 5.40. The average Bonchev–Trinajstić information content (AvgIpc) is 2.92. The molecule has 4 nitrogen and oxygen atoms in total. The fourth-order valence-electron chi connectivity index (χ4n) is 2.15. The minimum atomic E-state index is 0.647. The van der Waals surface area contributed by atoms with Crippen molar-refractivity contribution in [3.63, 3.8) is 0 Å². The third-order valence-electron chi connectivity index (χ3n) is 3.27. The van der Waals surface area contributed by atoms with Crippen molar-refractivity contribution in [2.75, 3.05) is 34.0 Å². The third kappa shape index (κ3) is 3.37. The van der Waals surface area contributed by atoms with Crippen molar-refractivity contribution >= 4 is 0 Å². The molecule has 18 heavy (non-hydrogen) atoms. The van der Waals surface area contributed by atoms with E-state index in [-0.39, 0.29) is 0 Å². The van der Waals surface area contributed by atoms with Gasteiger partial charge in [-0.1, -0.05) is 6.07 Å². The highest BCUT2D eigenvalue weighted by Gasteiger charge is 2.15. The van der Waals surface area contributed by atoms with Crippen LogP contribution in [0.1, 0.15) is 12.0 Å². The summed E-state index contributed by atoms with van der Waals surface area (Å²) in [7, 11) is 3.34. The molecule has 1 heterocycles. The molecule has 2 rings (SSSR count). The lowest BCUT2D eigenvalue weighted by molar-refractivity contribution is 0.185. The molecular formula is C14H21NO3. The van der Waals surface area contributed by atoms with Gasteiger partial charge in [-0.3, -0.25) is 0 Å². The second kappa shape index (κ2) is 6.61. The summed E-state index contributed by atoms with van der Waals surface area (Å²) in [6.07, 6.45) is 1.16. The van der Waals surface area contributed by atoms with Crippen LogP contribution in [0, 0.1) is 5.92 Å². The molecule has 1 aliphatic rings. The Morgan fingerprint density at radius 3 is 2.89 bits per heavy atom. The first-order valence-electron chi connectivity index (χ1n) is 6.33. The highest BCUT2D eigenvalue weighted by atomic mass is 16.5. The summed E-state index contributed by atoms with van der Waals surface area (Å²) in [6.45, 7) is 3.59. The Balaban J connectivity index is 1.87. The van der Waals surface area contributed by atoms with Gasteiger partial charge in [0.1, 0.15) is 11.5 Å². The highest BCUT2D eigenvalue weighted by Crippen LogP contribution is 2.24. The largest absolute Gasteiger partial charge is 0.497 e. The number of hydrogen-bond donors (Lipinski definition) is 1. The molecule has 1 N–H and O–H groups in total. The normalized spacial score (nSPS) is 18.9. The fourth-order valence-corrected chi connectivity index (χ4v) is 2.15. The van der Waals surface area contributed by atoms with Crippen molar-refractivity contribution in [2.45, 2.75) is 13.0 Å². The van der Waals surface area contributed by atoms with Gasteiger partial charge in [0.05, 0.1) is 20.8 Å². The Labute approximate surface area is 108 Å². The lowest BCUT2D eigenvalue weighted by atomic mass is 10.1.